The summed E-state index contributed by atoms with van der Waals surface area (Å²) in [5.41, 5.74) is 6.82. The van der Waals surface area contributed by atoms with Gasteiger partial charge < -0.3 is 15.0 Å². The molecule has 0 spiro atoms. The van der Waals surface area contributed by atoms with Crippen molar-refractivity contribution in [2.24, 2.45) is 0 Å². The fraction of sp³-hybridized carbons (Fsp3) is 0.571. The molecule has 1 aromatic rings. The number of nitrogens with zero attached hydrogens (tertiary/aromatic N) is 1. The number of nitrogen functional groups attached to an aromatic ring is 1. The molecule has 2 rings (SSSR count). The zero-order valence-electron chi connectivity index (χ0n) is 12.7. The second-order valence-corrected chi connectivity index (χ2v) is 6.24. The highest BCUT2D eigenvalue weighted by molar-refractivity contribution is 6.62. The average molecular weight is 276 g/mol. The Balaban J connectivity index is 2.32. The van der Waals surface area contributed by atoms with Crippen molar-refractivity contribution in [3.8, 4) is 0 Å². The summed E-state index contributed by atoms with van der Waals surface area (Å²) >= 11 is 0. The zero-order valence-corrected chi connectivity index (χ0v) is 12.7. The van der Waals surface area contributed by atoms with Crippen LogP contribution in [0.3, 0.4) is 0 Å². The van der Waals surface area contributed by atoms with Crippen LogP contribution in [0.25, 0.3) is 0 Å². The predicted octanol–water partition coefficient (Wildman–Crippen LogP) is 1.09. The van der Waals surface area contributed by atoms with Gasteiger partial charge in [0.25, 0.3) is 0 Å². The van der Waals surface area contributed by atoms with E-state index in [1.165, 1.54) is 6.92 Å². The van der Waals surface area contributed by atoms with Gasteiger partial charge in [0, 0.05) is 17.8 Å². The number of carbonyl (C=O) groups excluding carboxylic acids is 1. The Kier molecular flexibility index (Phi) is 3.65. The Morgan fingerprint density at radius 2 is 1.80 bits per heavy atom. The highest BCUT2D eigenvalue weighted by Gasteiger charge is 2.52. The van der Waals surface area contributed by atoms with E-state index in [-0.39, 0.29) is 12.2 Å². The number of Topliss-reactive ketones (excluding diaryl/α,β-unsaturated/α-hetero) is 1. The maximum Gasteiger partial charge on any atom is 0.516 e. The third-order valence-corrected chi connectivity index (χ3v) is 3.92. The smallest absolute Gasteiger partial charge is 0.398 e. The Morgan fingerprint density at radius 3 is 2.30 bits per heavy atom. The summed E-state index contributed by atoms with van der Waals surface area (Å²) in [6.07, 6.45) is 0.285. The highest BCUT2D eigenvalue weighted by Crippen LogP contribution is 2.36. The first kappa shape index (κ1) is 15.0. The predicted molar refractivity (Wildman–Crippen MR) is 78.8 cm³/mol. The lowest BCUT2D eigenvalue weighted by molar-refractivity contribution is -0.116. The number of hydrogen-bond acceptors (Lipinski definition) is 5. The lowest BCUT2D eigenvalue weighted by Gasteiger charge is -2.32. The fourth-order valence-corrected chi connectivity index (χ4v) is 2.02. The molecule has 0 radical (unpaired) electrons. The first-order valence-electron chi connectivity index (χ1n) is 6.73. The topological polar surface area (TPSA) is 74.4 Å². The Labute approximate surface area is 120 Å². The molecule has 1 fully saturated rings. The van der Waals surface area contributed by atoms with Gasteiger partial charge in [-0.1, -0.05) is 0 Å². The van der Waals surface area contributed by atoms with Crippen LogP contribution in [0.5, 0.6) is 0 Å². The molecule has 1 aliphatic rings. The number of rotatable bonds is 3. The molecule has 1 saturated heterocycles. The summed E-state index contributed by atoms with van der Waals surface area (Å²) < 4.78 is 11.9. The third-order valence-electron chi connectivity index (χ3n) is 3.92. The maximum atomic E-state index is 11.2. The zero-order chi connectivity index (χ0) is 15.1. The molecule has 1 aliphatic heterocycles. The van der Waals surface area contributed by atoms with E-state index in [2.05, 4.69) is 4.98 Å². The van der Waals surface area contributed by atoms with Crippen LogP contribution in [-0.2, 0) is 20.5 Å². The molecule has 20 heavy (non-hydrogen) atoms. The van der Waals surface area contributed by atoms with Crippen LogP contribution in [-0.4, -0.2) is 29.1 Å². The van der Waals surface area contributed by atoms with Crippen molar-refractivity contribution in [2.75, 3.05) is 5.73 Å². The van der Waals surface area contributed by atoms with E-state index in [0.717, 1.165) is 0 Å². The lowest BCUT2D eigenvalue weighted by Crippen LogP contribution is -2.41. The molecule has 0 amide bonds. The SMILES string of the molecule is CC(=O)Cc1ccc(N)c(B2OC(C)(C)C(C)(C)O2)n1. The van der Waals surface area contributed by atoms with Crippen molar-refractivity contribution in [1.82, 2.24) is 4.98 Å². The van der Waals surface area contributed by atoms with Crippen LogP contribution in [0.1, 0.15) is 40.3 Å². The Morgan fingerprint density at radius 1 is 1.25 bits per heavy atom. The van der Waals surface area contributed by atoms with Gasteiger partial charge in [-0.2, -0.15) is 0 Å². The van der Waals surface area contributed by atoms with Crippen molar-refractivity contribution in [2.45, 2.75) is 52.2 Å². The van der Waals surface area contributed by atoms with E-state index >= 15 is 0 Å². The van der Waals surface area contributed by atoms with Gasteiger partial charge in [0.2, 0.25) is 0 Å². The van der Waals surface area contributed by atoms with Crippen molar-refractivity contribution in [3.63, 3.8) is 0 Å². The van der Waals surface area contributed by atoms with Gasteiger partial charge in [0.05, 0.1) is 16.8 Å². The van der Waals surface area contributed by atoms with Crippen LogP contribution in [0.15, 0.2) is 12.1 Å². The molecule has 2 heterocycles. The lowest BCUT2D eigenvalue weighted by atomic mass is 9.82. The minimum absolute atomic E-state index is 0.0575. The second kappa shape index (κ2) is 4.86. The van der Waals surface area contributed by atoms with Gasteiger partial charge in [-0.25, -0.2) is 0 Å². The molecule has 0 atom stereocenters. The normalized spacial score (nSPS) is 20.1. The molecule has 0 aromatic carbocycles. The molecule has 0 bridgehead atoms. The van der Waals surface area contributed by atoms with Gasteiger partial charge >= 0.3 is 7.12 Å². The summed E-state index contributed by atoms with van der Waals surface area (Å²) in [7, 11) is -0.605. The van der Waals surface area contributed by atoms with Gasteiger partial charge in [0.15, 0.2) is 0 Å². The summed E-state index contributed by atoms with van der Waals surface area (Å²) in [6, 6.07) is 3.50. The summed E-state index contributed by atoms with van der Waals surface area (Å²) in [6.45, 7) is 9.43. The molecule has 0 unspecified atom stereocenters. The van der Waals surface area contributed by atoms with Gasteiger partial charge in [-0.05, 0) is 46.8 Å². The van der Waals surface area contributed by atoms with E-state index in [4.69, 9.17) is 15.0 Å². The minimum Gasteiger partial charge on any atom is -0.398 e. The average Bonchev–Trinajstić information content (AvgIpc) is 2.50. The van der Waals surface area contributed by atoms with Crippen molar-refractivity contribution >= 4 is 24.2 Å². The quantitative estimate of drug-likeness (QED) is 0.836. The van der Waals surface area contributed by atoms with E-state index in [9.17, 15) is 4.79 Å². The molecule has 108 valence electrons. The van der Waals surface area contributed by atoms with Crippen LogP contribution < -0.4 is 11.3 Å². The second-order valence-electron chi connectivity index (χ2n) is 6.24. The molecule has 2 N–H and O–H groups in total. The van der Waals surface area contributed by atoms with E-state index in [1.54, 1.807) is 12.1 Å². The number of pyridine rings is 1. The van der Waals surface area contributed by atoms with Gasteiger partial charge in [0.1, 0.15) is 5.78 Å². The summed E-state index contributed by atoms with van der Waals surface area (Å²) in [5.74, 6) is 0.0575. The number of hydrogen-bond donors (Lipinski definition) is 1. The van der Waals surface area contributed by atoms with E-state index in [0.29, 0.717) is 17.0 Å². The minimum atomic E-state index is -0.605. The van der Waals surface area contributed by atoms with Crippen molar-refractivity contribution < 1.29 is 14.1 Å². The van der Waals surface area contributed by atoms with Crippen molar-refractivity contribution in [1.29, 1.82) is 0 Å². The molecular formula is C14H21BN2O3. The largest absolute Gasteiger partial charge is 0.516 e. The van der Waals surface area contributed by atoms with Crippen molar-refractivity contribution in [3.05, 3.63) is 17.8 Å². The number of aromatic nitrogens is 1. The fourth-order valence-electron chi connectivity index (χ4n) is 2.02. The summed E-state index contributed by atoms with van der Waals surface area (Å²) in [4.78, 5) is 15.6. The van der Waals surface area contributed by atoms with E-state index in [1.807, 2.05) is 27.7 Å². The highest BCUT2D eigenvalue weighted by atomic mass is 16.7. The summed E-state index contributed by atoms with van der Waals surface area (Å²) in [5, 5.41) is 0. The maximum absolute atomic E-state index is 11.2. The Hall–Kier alpha value is -1.40. The van der Waals surface area contributed by atoms with Crippen LogP contribution >= 0.6 is 0 Å². The molecular weight excluding hydrogens is 255 g/mol. The Bertz CT molecular complexity index is 527. The van der Waals surface area contributed by atoms with Gasteiger partial charge in [-0.15, -0.1) is 0 Å². The van der Waals surface area contributed by atoms with Crippen LogP contribution in [0, 0.1) is 0 Å². The molecule has 0 saturated carbocycles. The number of carbonyl (C=O) groups is 1. The monoisotopic (exact) mass is 276 g/mol. The molecule has 0 aliphatic carbocycles. The number of anilines is 1. The standard InChI is InChI=1S/C14H21BN2O3/c1-9(18)8-10-6-7-11(16)12(17-10)15-19-13(2,3)14(4,5)20-15/h6-7H,8,16H2,1-5H3. The molecule has 6 heteroatoms. The number of nitrogens with two attached hydrogens (primary N) is 1. The first-order valence-corrected chi connectivity index (χ1v) is 6.73. The van der Waals surface area contributed by atoms with Crippen LogP contribution in [0.4, 0.5) is 5.69 Å². The number of ketones is 1. The van der Waals surface area contributed by atoms with Gasteiger partial charge in [-0.3, -0.25) is 9.78 Å². The molecule has 1 aromatic heterocycles. The third kappa shape index (κ3) is 2.71. The van der Waals surface area contributed by atoms with E-state index < -0.39 is 18.3 Å². The first-order chi connectivity index (χ1) is 9.12. The van der Waals surface area contributed by atoms with Crippen LogP contribution in [0.2, 0.25) is 0 Å². The molecule has 5 nitrogen and oxygen atoms in total.